The summed E-state index contributed by atoms with van der Waals surface area (Å²) in [6.07, 6.45) is 81.7. The molecule has 1 atom stereocenters. The van der Waals surface area contributed by atoms with Gasteiger partial charge in [-0.1, -0.05) is 346 Å². The molecule has 6 heteroatoms. The highest BCUT2D eigenvalue weighted by molar-refractivity contribution is 5.71. The van der Waals surface area contributed by atoms with Crippen LogP contribution in [0.15, 0.2) is 36.5 Å². The van der Waals surface area contributed by atoms with Crippen molar-refractivity contribution in [1.82, 2.24) is 0 Å². The van der Waals surface area contributed by atoms with Gasteiger partial charge in [0.25, 0.3) is 0 Å². The molecule has 0 saturated carbocycles. The summed E-state index contributed by atoms with van der Waals surface area (Å²) >= 11 is 0. The third-order valence-corrected chi connectivity index (χ3v) is 15.7. The van der Waals surface area contributed by atoms with Crippen LogP contribution in [0.25, 0.3) is 0 Å². The molecule has 0 bridgehead atoms. The van der Waals surface area contributed by atoms with Crippen LogP contribution in [0.5, 0.6) is 0 Å². The Bertz CT molecular complexity index is 1290. The van der Waals surface area contributed by atoms with Gasteiger partial charge in [0, 0.05) is 19.3 Å². The Morgan fingerprint density at radius 2 is 0.506 bits per heavy atom. The van der Waals surface area contributed by atoms with Crippen molar-refractivity contribution in [3.05, 3.63) is 36.5 Å². The van der Waals surface area contributed by atoms with E-state index in [1.54, 1.807) is 0 Å². The van der Waals surface area contributed by atoms with Gasteiger partial charge in [0.2, 0.25) is 0 Å². The molecular formula is C71H132O6. The maximum absolute atomic E-state index is 12.9. The van der Waals surface area contributed by atoms with Gasteiger partial charge >= 0.3 is 17.9 Å². The zero-order chi connectivity index (χ0) is 55.7. The van der Waals surface area contributed by atoms with E-state index in [1.165, 1.54) is 244 Å². The minimum absolute atomic E-state index is 0.0719. The number of rotatable bonds is 64. The molecule has 452 valence electrons. The first-order valence-electron chi connectivity index (χ1n) is 34.5. The summed E-state index contributed by atoms with van der Waals surface area (Å²) in [4.78, 5) is 38.4. The highest BCUT2D eigenvalue weighted by atomic mass is 16.6. The molecule has 0 aromatic carbocycles. The molecular weight excluding hydrogens is 949 g/mol. The van der Waals surface area contributed by atoms with E-state index >= 15 is 0 Å². The Labute approximate surface area is 480 Å². The topological polar surface area (TPSA) is 78.9 Å². The molecule has 0 aliphatic rings. The number of ether oxygens (including phenoxy) is 3. The zero-order valence-electron chi connectivity index (χ0n) is 52.0. The van der Waals surface area contributed by atoms with Crippen molar-refractivity contribution >= 4 is 17.9 Å². The molecule has 0 radical (unpaired) electrons. The Kier molecular flexibility index (Phi) is 64.1. The second kappa shape index (κ2) is 66.1. The van der Waals surface area contributed by atoms with Crippen molar-refractivity contribution in [3.63, 3.8) is 0 Å². The monoisotopic (exact) mass is 1080 g/mol. The average molecular weight is 1080 g/mol. The third kappa shape index (κ3) is 64.3. The summed E-state index contributed by atoms with van der Waals surface area (Å²) in [6.45, 7) is 6.59. The van der Waals surface area contributed by atoms with Crippen molar-refractivity contribution in [2.24, 2.45) is 0 Å². The molecule has 0 rings (SSSR count). The smallest absolute Gasteiger partial charge is 0.306 e. The van der Waals surface area contributed by atoms with Gasteiger partial charge in [-0.05, 0) is 51.4 Å². The van der Waals surface area contributed by atoms with Gasteiger partial charge in [-0.15, -0.1) is 0 Å². The fourth-order valence-electron chi connectivity index (χ4n) is 10.5. The molecule has 0 aromatic heterocycles. The quantitative estimate of drug-likeness (QED) is 0.0261. The van der Waals surface area contributed by atoms with Crippen LogP contribution in [0.4, 0.5) is 0 Å². The van der Waals surface area contributed by atoms with Crippen LogP contribution in [0.2, 0.25) is 0 Å². The lowest BCUT2D eigenvalue weighted by Crippen LogP contribution is -2.30. The fraction of sp³-hybridized carbons (Fsp3) is 0.873. The number of esters is 3. The van der Waals surface area contributed by atoms with E-state index in [-0.39, 0.29) is 31.1 Å². The van der Waals surface area contributed by atoms with Crippen LogP contribution in [0.3, 0.4) is 0 Å². The van der Waals surface area contributed by atoms with E-state index in [2.05, 4.69) is 57.2 Å². The van der Waals surface area contributed by atoms with Crippen molar-refractivity contribution < 1.29 is 28.6 Å². The molecule has 0 spiro atoms. The summed E-state index contributed by atoms with van der Waals surface area (Å²) in [7, 11) is 0. The van der Waals surface area contributed by atoms with E-state index in [4.69, 9.17) is 14.2 Å². The predicted octanol–water partition coefficient (Wildman–Crippen LogP) is 23.6. The molecule has 0 amide bonds. The van der Waals surface area contributed by atoms with Gasteiger partial charge in [-0.25, -0.2) is 0 Å². The minimum Gasteiger partial charge on any atom is -0.462 e. The summed E-state index contributed by atoms with van der Waals surface area (Å²) in [5.74, 6) is -0.860. The standard InChI is InChI=1S/C71H132O6/c1-4-7-10-13-16-19-22-25-28-30-32-33-34-35-36-37-38-39-41-43-46-49-52-55-58-61-64-70(73)76-67-68(66-75-69(72)63-60-57-54-51-48-45-42-27-24-21-18-15-12-9-6-3)77-71(74)65-62-59-56-53-50-47-44-40-31-29-26-23-20-17-14-11-8-5-2/h9,12,18,21,27,42,68H,4-8,10-11,13-17,19-20,22-26,28-41,43-67H2,1-3H3/b12-9-,21-18-,42-27-. The molecule has 0 aromatic rings. The first kappa shape index (κ1) is 74.6. The van der Waals surface area contributed by atoms with E-state index in [0.29, 0.717) is 19.3 Å². The Morgan fingerprint density at radius 1 is 0.273 bits per heavy atom. The molecule has 6 nitrogen and oxygen atoms in total. The molecule has 0 fully saturated rings. The number of allylic oxidation sites excluding steroid dienone is 6. The second-order valence-electron chi connectivity index (χ2n) is 23.4. The molecule has 0 aliphatic heterocycles. The van der Waals surface area contributed by atoms with E-state index in [9.17, 15) is 14.4 Å². The van der Waals surface area contributed by atoms with E-state index in [1.807, 2.05) is 0 Å². The Balaban J connectivity index is 4.24. The van der Waals surface area contributed by atoms with Gasteiger partial charge in [-0.2, -0.15) is 0 Å². The Morgan fingerprint density at radius 3 is 0.792 bits per heavy atom. The van der Waals surface area contributed by atoms with Crippen LogP contribution in [0.1, 0.15) is 380 Å². The number of hydrogen-bond donors (Lipinski definition) is 0. The molecule has 0 saturated heterocycles. The molecule has 77 heavy (non-hydrogen) atoms. The van der Waals surface area contributed by atoms with Crippen molar-refractivity contribution in [2.75, 3.05) is 13.2 Å². The Hall–Kier alpha value is -2.37. The largest absolute Gasteiger partial charge is 0.462 e. The number of unbranched alkanes of at least 4 members (excludes halogenated alkanes) is 47. The lowest BCUT2D eigenvalue weighted by Gasteiger charge is -2.18. The van der Waals surface area contributed by atoms with E-state index < -0.39 is 6.10 Å². The first-order chi connectivity index (χ1) is 38.0. The normalized spacial score (nSPS) is 12.2. The van der Waals surface area contributed by atoms with Crippen LogP contribution >= 0.6 is 0 Å². The van der Waals surface area contributed by atoms with Crippen LogP contribution in [-0.2, 0) is 28.6 Å². The molecule has 0 heterocycles. The van der Waals surface area contributed by atoms with Crippen molar-refractivity contribution in [2.45, 2.75) is 386 Å². The maximum atomic E-state index is 12.9. The van der Waals surface area contributed by atoms with Crippen LogP contribution < -0.4 is 0 Å². The number of carbonyl (C=O) groups excluding carboxylic acids is 3. The summed E-state index contributed by atoms with van der Waals surface area (Å²) in [6, 6.07) is 0. The molecule has 0 N–H and O–H groups in total. The molecule has 0 aliphatic carbocycles. The average Bonchev–Trinajstić information content (AvgIpc) is 3.43. The summed E-state index contributed by atoms with van der Waals surface area (Å²) in [5, 5.41) is 0. The summed E-state index contributed by atoms with van der Waals surface area (Å²) in [5.41, 5.74) is 0. The van der Waals surface area contributed by atoms with Gasteiger partial charge in [0.05, 0.1) is 0 Å². The zero-order valence-corrected chi connectivity index (χ0v) is 52.0. The predicted molar refractivity (Wildman–Crippen MR) is 335 cm³/mol. The van der Waals surface area contributed by atoms with E-state index in [0.717, 1.165) is 96.3 Å². The third-order valence-electron chi connectivity index (χ3n) is 15.7. The maximum Gasteiger partial charge on any atom is 0.306 e. The highest BCUT2D eigenvalue weighted by Crippen LogP contribution is 2.19. The lowest BCUT2D eigenvalue weighted by molar-refractivity contribution is -0.167. The minimum atomic E-state index is -0.777. The van der Waals surface area contributed by atoms with Gasteiger partial charge in [0.15, 0.2) is 6.10 Å². The summed E-state index contributed by atoms with van der Waals surface area (Å²) < 4.78 is 17.0. The van der Waals surface area contributed by atoms with Crippen LogP contribution in [-0.4, -0.2) is 37.2 Å². The molecule has 1 unspecified atom stereocenters. The number of hydrogen-bond acceptors (Lipinski definition) is 6. The van der Waals surface area contributed by atoms with Gasteiger partial charge in [0.1, 0.15) is 13.2 Å². The van der Waals surface area contributed by atoms with Crippen molar-refractivity contribution in [3.8, 4) is 0 Å². The van der Waals surface area contributed by atoms with Crippen LogP contribution in [0, 0.1) is 0 Å². The fourth-order valence-corrected chi connectivity index (χ4v) is 10.5. The second-order valence-corrected chi connectivity index (χ2v) is 23.4. The SMILES string of the molecule is CC/C=C\C/C=C\C/C=C\CCCCCCCC(=O)OCC(COC(=O)CCCCCCCCCCCCCCCCCCCCCCCCCCCC)OC(=O)CCCCCCCCCCCCCCCCCCCC. The first-order valence-corrected chi connectivity index (χ1v) is 34.5. The lowest BCUT2D eigenvalue weighted by atomic mass is 10.0. The number of carbonyl (C=O) groups is 3. The van der Waals surface area contributed by atoms with Gasteiger partial charge in [-0.3, -0.25) is 14.4 Å². The van der Waals surface area contributed by atoms with Gasteiger partial charge < -0.3 is 14.2 Å². The highest BCUT2D eigenvalue weighted by Gasteiger charge is 2.19. The van der Waals surface area contributed by atoms with Crippen molar-refractivity contribution in [1.29, 1.82) is 0 Å².